The first-order chi connectivity index (χ1) is 10.4. The number of allylic oxidation sites excluding steroid dienone is 1. The Morgan fingerprint density at radius 1 is 0.957 bits per heavy atom. The lowest BCUT2D eigenvalue weighted by atomic mass is 9.69. The van der Waals surface area contributed by atoms with E-state index in [-0.39, 0.29) is 11.2 Å². The van der Waals surface area contributed by atoms with Gasteiger partial charge in [0, 0.05) is 11.8 Å². The highest BCUT2D eigenvalue weighted by molar-refractivity contribution is 6.81. The van der Waals surface area contributed by atoms with E-state index in [1.54, 1.807) is 5.57 Å². The predicted octanol–water partition coefficient (Wildman–Crippen LogP) is 5.94. The van der Waals surface area contributed by atoms with Crippen LogP contribution in [0.25, 0.3) is 0 Å². The van der Waals surface area contributed by atoms with Crippen LogP contribution in [0.5, 0.6) is 0 Å². The van der Waals surface area contributed by atoms with E-state index in [4.69, 9.17) is 9.47 Å². The third kappa shape index (κ3) is 5.44. The molecule has 2 aliphatic rings. The normalized spacial score (nSPS) is 32.9. The fourth-order valence-corrected chi connectivity index (χ4v) is 5.31. The number of hydrogen-bond acceptors (Lipinski definition) is 2. The maximum atomic E-state index is 6.12. The van der Waals surface area contributed by atoms with Crippen LogP contribution >= 0.6 is 0 Å². The second kappa shape index (κ2) is 6.65. The summed E-state index contributed by atoms with van der Waals surface area (Å²) >= 11 is 0. The van der Waals surface area contributed by atoms with Crippen molar-refractivity contribution in [1.82, 2.24) is 0 Å². The maximum absolute atomic E-state index is 6.12. The first kappa shape index (κ1) is 19.2. The minimum absolute atomic E-state index is 0.150. The van der Waals surface area contributed by atoms with E-state index < -0.39 is 8.07 Å². The lowest BCUT2D eigenvalue weighted by Crippen LogP contribution is -2.46. The molecule has 3 heteroatoms. The van der Waals surface area contributed by atoms with E-state index in [0.29, 0.717) is 5.41 Å². The van der Waals surface area contributed by atoms with Gasteiger partial charge in [0.05, 0.1) is 21.3 Å². The molecule has 0 amide bonds. The molecule has 2 nitrogen and oxygen atoms in total. The van der Waals surface area contributed by atoms with Gasteiger partial charge >= 0.3 is 0 Å². The summed E-state index contributed by atoms with van der Waals surface area (Å²) in [6, 6.07) is 0. The van der Waals surface area contributed by atoms with Gasteiger partial charge in [0.25, 0.3) is 0 Å². The summed E-state index contributed by atoms with van der Waals surface area (Å²) in [7, 11) is -1.16. The largest absolute Gasteiger partial charge is 0.350 e. The first-order valence-electron chi connectivity index (χ1n) is 9.43. The van der Waals surface area contributed by atoms with Gasteiger partial charge in [-0.3, -0.25) is 0 Å². The van der Waals surface area contributed by atoms with Crippen LogP contribution in [0.15, 0.2) is 11.3 Å². The quantitative estimate of drug-likeness (QED) is 0.591. The smallest absolute Gasteiger partial charge is 0.165 e. The van der Waals surface area contributed by atoms with Gasteiger partial charge in [-0.1, -0.05) is 58.1 Å². The molecule has 1 saturated carbocycles. The van der Waals surface area contributed by atoms with Crippen molar-refractivity contribution in [2.24, 2.45) is 10.8 Å². The molecule has 0 radical (unpaired) electrons. The van der Waals surface area contributed by atoms with Gasteiger partial charge in [0.1, 0.15) is 0 Å². The van der Waals surface area contributed by atoms with Crippen LogP contribution in [0, 0.1) is 10.8 Å². The summed E-state index contributed by atoms with van der Waals surface area (Å²) in [6.07, 6.45) is 7.54. The minimum Gasteiger partial charge on any atom is -0.350 e. The van der Waals surface area contributed by atoms with Crippen molar-refractivity contribution in [1.29, 1.82) is 0 Å². The van der Waals surface area contributed by atoms with Gasteiger partial charge in [0.15, 0.2) is 5.79 Å². The molecule has 0 aromatic carbocycles. The molecule has 1 heterocycles. The fraction of sp³-hybridized carbons (Fsp3) is 0.900. The van der Waals surface area contributed by atoms with Crippen molar-refractivity contribution in [3.05, 3.63) is 11.3 Å². The van der Waals surface area contributed by atoms with Crippen molar-refractivity contribution in [2.45, 2.75) is 91.6 Å². The highest BCUT2D eigenvalue weighted by Gasteiger charge is 2.40. The van der Waals surface area contributed by atoms with Crippen molar-refractivity contribution < 1.29 is 9.47 Å². The van der Waals surface area contributed by atoms with Crippen LogP contribution in [0.3, 0.4) is 0 Å². The minimum atomic E-state index is -1.16. The number of rotatable bonds is 4. The molecule has 1 saturated heterocycles. The van der Waals surface area contributed by atoms with Crippen LogP contribution in [0.1, 0.15) is 66.2 Å². The SMILES string of the molecule is CC1(C)COC(C)(CC[C@@]2(C)CCCC/C2=C\[Si](C)(C)C)OC1. The van der Waals surface area contributed by atoms with Crippen molar-refractivity contribution in [3.8, 4) is 0 Å². The second-order valence-electron chi connectivity index (χ2n) is 10.2. The van der Waals surface area contributed by atoms with Crippen LogP contribution in [0.4, 0.5) is 0 Å². The van der Waals surface area contributed by atoms with Gasteiger partial charge in [-0.05, 0) is 38.0 Å². The maximum Gasteiger partial charge on any atom is 0.165 e. The van der Waals surface area contributed by atoms with Crippen LogP contribution in [-0.2, 0) is 9.47 Å². The van der Waals surface area contributed by atoms with E-state index in [1.165, 1.54) is 32.1 Å². The Bertz CT molecular complexity index is 437. The molecule has 1 aliphatic carbocycles. The summed E-state index contributed by atoms with van der Waals surface area (Å²) in [5.74, 6) is -0.389. The van der Waals surface area contributed by atoms with Gasteiger partial charge in [0.2, 0.25) is 0 Å². The summed E-state index contributed by atoms with van der Waals surface area (Å²) in [6.45, 7) is 18.0. The topological polar surface area (TPSA) is 18.5 Å². The third-order valence-electron chi connectivity index (χ3n) is 5.47. The highest BCUT2D eigenvalue weighted by Crippen LogP contribution is 2.46. The standard InChI is InChI=1S/C20H38O2Si/c1-18(2)15-21-20(4,22-16-18)13-12-19(3)11-9-8-10-17(19)14-23(5,6)7/h14H,8-13,15-16H2,1-7H3/b17-14+/t19-/m1/s1. The van der Waals surface area contributed by atoms with Crippen molar-refractivity contribution in [2.75, 3.05) is 13.2 Å². The fourth-order valence-electron chi connectivity index (χ4n) is 3.77. The average Bonchev–Trinajstić information content (AvgIpc) is 2.42. The average molecular weight is 339 g/mol. The zero-order valence-corrected chi connectivity index (χ0v) is 17.6. The molecular formula is C20H38O2Si. The molecule has 23 heavy (non-hydrogen) atoms. The Morgan fingerprint density at radius 2 is 1.57 bits per heavy atom. The zero-order chi connectivity index (χ0) is 17.4. The second-order valence-corrected chi connectivity index (χ2v) is 15.2. The van der Waals surface area contributed by atoms with E-state index in [2.05, 4.69) is 53.0 Å². The summed E-state index contributed by atoms with van der Waals surface area (Å²) < 4.78 is 12.2. The van der Waals surface area contributed by atoms with Gasteiger partial charge in [-0.15, -0.1) is 0 Å². The molecule has 0 N–H and O–H groups in total. The molecule has 2 rings (SSSR count). The van der Waals surface area contributed by atoms with E-state index in [0.717, 1.165) is 19.6 Å². The third-order valence-corrected chi connectivity index (χ3v) is 6.69. The van der Waals surface area contributed by atoms with Gasteiger partial charge < -0.3 is 9.47 Å². The molecule has 2 fully saturated rings. The molecule has 0 aromatic rings. The van der Waals surface area contributed by atoms with Crippen molar-refractivity contribution >= 4 is 8.07 Å². The molecule has 0 unspecified atom stereocenters. The summed E-state index contributed by atoms with van der Waals surface area (Å²) in [5, 5.41) is 0. The monoisotopic (exact) mass is 338 g/mol. The Balaban J connectivity index is 2.03. The van der Waals surface area contributed by atoms with Crippen molar-refractivity contribution in [3.63, 3.8) is 0 Å². The lowest BCUT2D eigenvalue weighted by Gasteiger charge is -2.44. The highest BCUT2D eigenvalue weighted by atomic mass is 28.3. The van der Waals surface area contributed by atoms with Crippen LogP contribution in [-0.4, -0.2) is 27.1 Å². The Labute approximate surface area is 145 Å². The summed E-state index contributed by atoms with van der Waals surface area (Å²) in [5.41, 5.74) is 4.89. The molecule has 0 aromatic heterocycles. The van der Waals surface area contributed by atoms with Gasteiger partial charge in [-0.25, -0.2) is 0 Å². The lowest BCUT2D eigenvalue weighted by molar-refractivity contribution is -0.293. The molecule has 1 aliphatic heterocycles. The first-order valence-corrected chi connectivity index (χ1v) is 13.0. The van der Waals surface area contributed by atoms with E-state index in [1.807, 2.05) is 0 Å². The Kier molecular flexibility index (Phi) is 5.55. The Hall–Kier alpha value is -0.123. The molecule has 0 bridgehead atoms. The van der Waals surface area contributed by atoms with E-state index in [9.17, 15) is 0 Å². The number of hydrogen-bond donors (Lipinski definition) is 0. The molecule has 0 spiro atoms. The predicted molar refractivity (Wildman–Crippen MR) is 101 cm³/mol. The van der Waals surface area contributed by atoms with E-state index >= 15 is 0 Å². The molecular weight excluding hydrogens is 300 g/mol. The van der Waals surface area contributed by atoms with Gasteiger partial charge in [-0.2, -0.15) is 0 Å². The Morgan fingerprint density at radius 3 is 2.13 bits per heavy atom. The van der Waals surface area contributed by atoms with Crippen LogP contribution in [0.2, 0.25) is 19.6 Å². The summed E-state index contributed by atoms with van der Waals surface area (Å²) in [4.78, 5) is 0. The molecule has 134 valence electrons. The number of ether oxygens (including phenoxy) is 2. The molecule has 1 atom stereocenters. The van der Waals surface area contributed by atoms with Crippen LogP contribution < -0.4 is 0 Å². The zero-order valence-electron chi connectivity index (χ0n) is 16.6.